The molecule has 0 spiro atoms. The number of carbonyl (C=O) groups is 2. The number of piperidine rings is 1. The molecule has 8 nitrogen and oxygen atoms in total. The van der Waals surface area contributed by atoms with E-state index in [1.165, 1.54) is 0 Å². The number of amides is 2. The zero-order valence-electron chi connectivity index (χ0n) is 19.8. The maximum Gasteiger partial charge on any atom is 0.227 e. The van der Waals surface area contributed by atoms with Crippen molar-refractivity contribution in [1.29, 1.82) is 0 Å². The number of hydrogen-bond donors (Lipinski definition) is 1. The molecule has 34 heavy (non-hydrogen) atoms. The molecule has 2 amide bonds. The minimum atomic E-state index is -0.467. The number of aryl methyl sites for hydroxylation is 2. The molecule has 178 valence electrons. The Morgan fingerprint density at radius 1 is 1.06 bits per heavy atom. The van der Waals surface area contributed by atoms with Gasteiger partial charge in [0.25, 0.3) is 0 Å². The van der Waals surface area contributed by atoms with Crippen LogP contribution in [0.25, 0.3) is 0 Å². The van der Waals surface area contributed by atoms with Crippen molar-refractivity contribution in [2.24, 2.45) is 5.92 Å². The van der Waals surface area contributed by atoms with E-state index < -0.39 is 12.0 Å². The lowest BCUT2D eigenvalue weighted by molar-refractivity contribution is -0.129. The highest BCUT2D eigenvalue weighted by atomic mass is 16.5. The number of carbonyl (C=O) groups excluding carboxylic acids is 2. The van der Waals surface area contributed by atoms with Crippen LogP contribution in [0.2, 0.25) is 0 Å². The quantitative estimate of drug-likeness (QED) is 0.567. The number of anilines is 1. The van der Waals surface area contributed by atoms with E-state index in [-0.39, 0.29) is 18.2 Å². The molecule has 1 aliphatic rings. The van der Waals surface area contributed by atoms with Crippen LogP contribution in [-0.2, 0) is 16.1 Å². The standard InChI is InChI=1S/C26H29N3O5/c1-16-23(17(2)34-28-16)15-27-26(31)22-13-14-24(30)29(19-7-11-21(33-4)12-8-19)25(22)18-5-9-20(32-3)10-6-18/h5-12,22,25H,13-15H2,1-4H3,(H,27,31). The summed E-state index contributed by atoms with van der Waals surface area (Å²) >= 11 is 0. The van der Waals surface area contributed by atoms with E-state index in [0.29, 0.717) is 30.2 Å². The summed E-state index contributed by atoms with van der Waals surface area (Å²) in [6, 6.07) is 14.4. The molecule has 3 aromatic rings. The Bertz CT molecular complexity index is 1130. The molecule has 1 N–H and O–H groups in total. The molecule has 0 aliphatic carbocycles. The predicted molar refractivity (Wildman–Crippen MR) is 127 cm³/mol. The minimum Gasteiger partial charge on any atom is -0.497 e. The van der Waals surface area contributed by atoms with Gasteiger partial charge in [-0.1, -0.05) is 17.3 Å². The molecule has 8 heteroatoms. The normalized spacial score (nSPS) is 18.0. The van der Waals surface area contributed by atoms with Crippen molar-refractivity contribution in [2.75, 3.05) is 19.1 Å². The number of rotatable bonds is 7. The molecule has 0 bridgehead atoms. The fraction of sp³-hybridized carbons (Fsp3) is 0.346. The van der Waals surface area contributed by atoms with Gasteiger partial charge in [0.1, 0.15) is 17.3 Å². The van der Waals surface area contributed by atoms with Crippen molar-refractivity contribution in [3.63, 3.8) is 0 Å². The highest BCUT2D eigenvalue weighted by molar-refractivity contribution is 5.97. The summed E-state index contributed by atoms with van der Waals surface area (Å²) < 4.78 is 15.8. The molecule has 0 saturated carbocycles. The Hall–Kier alpha value is -3.81. The smallest absolute Gasteiger partial charge is 0.227 e. The first-order valence-corrected chi connectivity index (χ1v) is 11.2. The Morgan fingerprint density at radius 3 is 2.24 bits per heavy atom. The van der Waals surface area contributed by atoms with Gasteiger partial charge in [0, 0.05) is 24.2 Å². The third-order valence-corrected chi connectivity index (χ3v) is 6.36. The predicted octanol–water partition coefficient (Wildman–Crippen LogP) is 4.11. The monoisotopic (exact) mass is 463 g/mol. The van der Waals surface area contributed by atoms with Gasteiger partial charge in [0.05, 0.1) is 31.9 Å². The molecule has 1 saturated heterocycles. The van der Waals surface area contributed by atoms with Crippen molar-refractivity contribution in [1.82, 2.24) is 10.5 Å². The average Bonchev–Trinajstić information content (AvgIpc) is 3.19. The van der Waals surface area contributed by atoms with Gasteiger partial charge in [-0.25, -0.2) is 0 Å². The van der Waals surface area contributed by atoms with Crippen molar-refractivity contribution in [2.45, 2.75) is 39.3 Å². The molecule has 2 unspecified atom stereocenters. The van der Waals surface area contributed by atoms with Crippen LogP contribution in [0.5, 0.6) is 11.5 Å². The summed E-state index contributed by atoms with van der Waals surface area (Å²) in [6.45, 7) is 4.00. The maximum atomic E-state index is 13.5. The molecule has 4 rings (SSSR count). The van der Waals surface area contributed by atoms with Crippen LogP contribution in [0.4, 0.5) is 5.69 Å². The highest BCUT2D eigenvalue weighted by Gasteiger charge is 2.41. The number of methoxy groups -OCH3 is 2. The Morgan fingerprint density at radius 2 is 1.68 bits per heavy atom. The van der Waals surface area contributed by atoms with Gasteiger partial charge < -0.3 is 24.2 Å². The molecule has 2 aromatic carbocycles. The summed E-state index contributed by atoms with van der Waals surface area (Å²) in [6.07, 6.45) is 0.734. The number of benzene rings is 2. The molecular weight excluding hydrogens is 434 g/mol. The third-order valence-electron chi connectivity index (χ3n) is 6.36. The SMILES string of the molecule is COc1ccc(C2C(C(=O)NCc3c(C)noc3C)CCC(=O)N2c2ccc(OC)cc2)cc1. The topological polar surface area (TPSA) is 93.9 Å². The first-order valence-electron chi connectivity index (χ1n) is 11.2. The van der Waals surface area contributed by atoms with E-state index in [0.717, 1.165) is 22.5 Å². The largest absolute Gasteiger partial charge is 0.497 e. The van der Waals surface area contributed by atoms with Crippen LogP contribution >= 0.6 is 0 Å². The van der Waals surface area contributed by atoms with Gasteiger partial charge in [0.2, 0.25) is 11.8 Å². The van der Waals surface area contributed by atoms with Crippen LogP contribution < -0.4 is 19.7 Å². The molecule has 2 atom stereocenters. The fourth-order valence-electron chi connectivity index (χ4n) is 4.46. The first-order chi connectivity index (χ1) is 16.4. The van der Waals surface area contributed by atoms with Gasteiger partial charge in [-0.2, -0.15) is 0 Å². The van der Waals surface area contributed by atoms with Crippen LogP contribution in [0, 0.1) is 19.8 Å². The van der Waals surface area contributed by atoms with E-state index in [4.69, 9.17) is 14.0 Å². The second kappa shape index (κ2) is 9.99. The van der Waals surface area contributed by atoms with Crippen LogP contribution in [0.1, 0.15) is 41.5 Å². The zero-order valence-corrected chi connectivity index (χ0v) is 19.8. The second-order valence-electron chi connectivity index (χ2n) is 8.35. The van der Waals surface area contributed by atoms with Crippen molar-refractivity contribution < 1.29 is 23.6 Å². The third kappa shape index (κ3) is 4.62. The summed E-state index contributed by atoms with van der Waals surface area (Å²) in [5, 5.41) is 7.00. The minimum absolute atomic E-state index is 0.0271. The Labute approximate surface area is 198 Å². The molecule has 0 radical (unpaired) electrons. The number of hydrogen-bond acceptors (Lipinski definition) is 6. The maximum absolute atomic E-state index is 13.5. The van der Waals surface area contributed by atoms with Gasteiger partial charge in [-0.3, -0.25) is 9.59 Å². The molecule has 1 fully saturated rings. The number of nitrogens with one attached hydrogen (secondary N) is 1. The fourth-order valence-corrected chi connectivity index (χ4v) is 4.46. The lowest BCUT2D eigenvalue weighted by Crippen LogP contribution is -2.48. The Balaban J connectivity index is 1.68. The molecule has 1 aromatic heterocycles. The van der Waals surface area contributed by atoms with Gasteiger partial charge in [-0.05, 0) is 62.2 Å². The summed E-state index contributed by atoms with van der Waals surface area (Å²) in [7, 11) is 3.20. The summed E-state index contributed by atoms with van der Waals surface area (Å²) in [4.78, 5) is 28.4. The molecule has 2 heterocycles. The second-order valence-corrected chi connectivity index (χ2v) is 8.35. The molecule has 1 aliphatic heterocycles. The number of ether oxygens (including phenoxy) is 2. The summed E-state index contributed by atoms with van der Waals surface area (Å²) in [5.41, 5.74) is 3.20. The summed E-state index contributed by atoms with van der Waals surface area (Å²) in [5.74, 6) is 1.51. The average molecular weight is 464 g/mol. The van der Waals surface area contributed by atoms with Gasteiger partial charge in [0.15, 0.2) is 0 Å². The number of aromatic nitrogens is 1. The molecular formula is C26H29N3O5. The van der Waals surface area contributed by atoms with Gasteiger partial charge in [-0.15, -0.1) is 0 Å². The Kier molecular flexibility index (Phi) is 6.86. The van der Waals surface area contributed by atoms with Crippen molar-refractivity contribution in [3.05, 3.63) is 71.1 Å². The highest BCUT2D eigenvalue weighted by Crippen LogP contribution is 2.41. The van der Waals surface area contributed by atoms with E-state index in [2.05, 4.69) is 10.5 Å². The number of nitrogens with zero attached hydrogens (tertiary/aromatic N) is 2. The lowest BCUT2D eigenvalue weighted by atomic mass is 9.83. The van der Waals surface area contributed by atoms with Crippen LogP contribution in [0.15, 0.2) is 53.1 Å². The van der Waals surface area contributed by atoms with Crippen molar-refractivity contribution in [3.8, 4) is 11.5 Å². The van der Waals surface area contributed by atoms with Gasteiger partial charge >= 0.3 is 0 Å². The lowest BCUT2D eigenvalue weighted by Gasteiger charge is -2.41. The first kappa shape index (κ1) is 23.4. The van der Waals surface area contributed by atoms with Crippen molar-refractivity contribution >= 4 is 17.5 Å². The van der Waals surface area contributed by atoms with E-state index in [1.807, 2.05) is 62.4 Å². The van der Waals surface area contributed by atoms with E-state index >= 15 is 0 Å². The van der Waals surface area contributed by atoms with E-state index in [9.17, 15) is 9.59 Å². The van der Waals surface area contributed by atoms with Crippen LogP contribution in [-0.4, -0.2) is 31.2 Å². The van der Waals surface area contributed by atoms with E-state index in [1.54, 1.807) is 19.1 Å². The van der Waals surface area contributed by atoms with Crippen LogP contribution in [0.3, 0.4) is 0 Å². The zero-order chi connectivity index (χ0) is 24.2.